The third kappa shape index (κ3) is 1.06. The Labute approximate surface area is 70.6 Å². The molecule has 1 heterocycles. The SMILES string of the molecule is O=S1(=O)CC1(OCNO)C1CC1. The second kappa shape index (κ2) is 2.41. The lowest BCUT2D eigenvalue weighted by atomic mass is 10.3. The molecule has 70 valence electrons. The summed E-state index contributed by atoms with van der Waals surface area (Å²) in [6, 6.07) is 0. The van der Waals surface area contributed by atoms with Gasteiger partial charge < -0.3 is 9.94 Å². The summed E-state index contributed by atoms with van der Waals surface area (Å²) in [7, 11) is -3.00. The van der Waals surface area contributed by atoms with Crippen LogP contribution in [0.4, 0.5) is 0 Å². The van der Waals surface area contributed by atoms with Crippen LogP contribution in [0.2, 0.25) is 0 Å². The summed E-state index contributed by atoms with van der Waals surface area (Å²) in [4.78, 5) is -0.942. The highest BCUT2D eigenvalue weighted by atomic mass is 32.2. The third-order valence-electron chi connectivity index (χ3n) is 2.41. The zero-order valence-corrected chi connectivity index (χ0v) is 7.30. The molecule has 0 bridgehead atoms. The molecule has 12 heavy (non-hydrogen) atoms. The van der Waals surface area contributed by atoms with Crippen molar-refractivity contribution in [2.45, 2.75) is 17.8 Å². The molecule has 0 aromatic rings. The van der Waals surface area contributed by atoms with E-state index >= 15 is 0 Å². The maximum atomic E-state index is 11.1. The van der Waals surface area contributed by atoms with Crippen LogP contribution >= 0.6 is 0 Å². The van der Waals surface area contributed by atoms with Gasteiger partial charge in [0.15, 0.2) is 14.8 Å². The van der Waals surface area contributed by atoms with Gasteiger partial charge in [-0.05, 0) is 12.8 Å². The van der Waals surface area contributed by atoms with Crippen LogP contribution in [0, 0.1) is 5.92 Å². The van der Waals surface area contributed by atoms with Gasteiger partial charge in [0.05, 0.1) is 5.75 Å². The van der Waals surface area contributed by atoms with Crippen molar-refractivity contribution in [3.8, 4) is 0 Å². The van der Waals surface area contributed by atoms with Crippen molar-refractivity contribution in [1.82, 2.24) is 5.48 Å². The summed E-state index contributed by atoms with van der Waals surface area (Å²) in [6.07, 6.45) is 1.84. The third-order valence-corrected chi connectivity index (χ3v) is 4.52. The van der Waals surface area contributed by atoms with E-state index in [0.717, 1.165) is 12.8 Å². The van der Waals surface area contributed by atoms with E-state index in [0.29, 0.717) is 0 Å². The molecule has 2 N–H and O–H groups in total. The van der Waals surface area contributed by atoms with Gasteiger partial charge in [0.2, 0.25) is 0 Å². The number of hydrogen-bond donors (Lipinski definition) is 2. The lowest BCUT2D eigenvalue weighted by Crippen LogP contribution is -2.27. The van der Waals surface area contributed by atoms with Crippen LogP contribution in [0.25, 0.3) is 0 Å². The van der Waals surface area contributed by atoms with E-state index in [4.69, 9.17) is 9.94 Å². The van der Waals surface area contributed by atoms with Gasteiger partial charge in [0.25, 0.3) is 0 Å². The van der Waals surface area contributed by atoms with Crippen molar-refractivity contribution in [1.29, 1.82) is 0 Å². The number of ether oxygens (including phenoxy) is 1. The van der Waals surface area contributed by atoms with Crippen LogP contribution in [0.3, 0.4) is 0 Å². The van der Waals surface area contributed by atoms with E-state index in [2.05, 4.69) is 0 Å². The highest BCUT2D eigenvalue weighted by Gasteiger charge is 2.70. The van der Waals surface area contributed by atoms with Crippen molar-refractivity contribution >= 4 is 9.84 Å². The summed E-state index contributed by atoms with van der Waals surface area (Å²) in [5.41, 5.74) is 1.80. The summed E-state index contributed by atoms with van der Waals surface area (Å²) >= 11 is 0. The topological polar surface area (TPSA) is 75.6 Å². The smallest absolute Gasteiger partial charge is 0.187 e. The fourth-order valence-corrected chi connectivity index (χ4v) is 3.59. The highest BCUT2D eigenvalue weighted by molar-refractivity contribution is 7.99. The van der Waals surface area contributed by atoms with E-state index in [-0.39, 0.29) is 18.4 Å². The Hall–Kier alpha value is -0.170. The fraction of sp³-hybridized carbons (Fsp3) is 1.00. The van der Waals surface area contributed by atoms with Gasteiger partial charge in [-0.1, -0.05) is 0 Å². The van der Waals surface area contributed by atoms with Crippen LogP contribution in [0.5, 0.6) is 0 Å². The Morgan fingerprint density at radius 2 is 2.17 bits per heavy atom. The molecular formula is C6H11NO4S. The molecule has 1 atom stereocenters. The van der Waals surface area contributed by atoms with Crippen LogP contribution in [0.15, 0.2) is 0 Å². The van der Waals surface area contributed by atoms with Gasteiger partial charge in [0, 0.05) is 5.92 Å². The highest BCUT2D eigenvalue weighted by Crippen LogP contribution is 2.54. The number of sulfone groups is 1. The summed E-state index contributed by atoms with van der Waals surface area (Å²) in [6.45, 7) is -0.115. The zero-order valence-electron chi connectivity index (χ0n) is 6.49. The summed E-state index contributed by atoms with van der Waals surface area (Å²) in [5, 5.41) is 8.26. The average Bonchev–Trinajstić information content (AvgIpc) is 2.82. The molecular weight excluding hydrogens is 182 g/mol. The molecule has 1 aliphatic heterocycles. The first kappa shape index (κ1) is 8.43. The second-order valence-electron chi connectivity index (χ2n) is 3.29. The van der Waals surface area contributed by atoms with Crippen LogP contribution in [-0.4, -0.2) is 31.0 Å². The van der Waals surface area contributed by atoms with E-state index in [1.807, 2.05) is 0 Å². The lowest BCUT2D eigenvalue weighted by Gasteiger charge is -2.10. The minimum absolute atomic E-state index is 0.115. The standard InChI is InChI=1S/C6H11NO4S/c8-7-4-11-6(5-1-2-5)3-12(6,9)10/h5,7-8H,1-4H2. The Morgan fingerprint density at radius 3 is 2.50 bits per heavy atom. The monoisotopic (exact) mass is 193 g/mol. The Morgan fingerprint density at radius 1 is 1.58 bits per heavy atom. The predicted octanol–water partition coefficient (Wildman–Crippen LogP) is -0.526. The normalized spacial score (nSPS) is 38.1. The van der Waals surface area contributed by atoms with Gasteiger partial charge >= 0.3 is 0 Å². The minimum atomic E-state index is -3.00. The molecule has 6 heteroatoms. The lowest BCUT2D eigenvalue weighted by molar-refractivity contribution is -0.0255. The van der Waals surface area contributed by atoms with Gasteiger partial charge in [-0.15, -0.1) is 0 Å². The second-order valence-corrected chi connectivity index (χ2v) is 5.50. The molecule has 2 aliphatic rings. The molecule has 0 aromatic heterocycles. The maximum Gasteiger partial charge on any atom is 0.187 e. The van der Waals surface area contributed by atoms with E-state index in [1.165, 1.54) is 0 Å². The Kier molecular flexibility index (Phi) is 1.69. The molecule has 1 unspecified atom stereocenters. The molecule has 5 nitrogen and oxygen atoms in total. The van der Waals surface area contributed by atoms with Crippen molar-refractivity contribution in [3.05, 3.63) is 0 Å². The minimum Gasteiger partial charge on any atom is -0.340 e. The van der Waals surface area contributed by atoms with Gasteiger partial charge in [-0.25, -0.2) is 8.42 Å². The number of nitrogens with one attached hydrogen (secondary N) is 1. The zero-order chi connectivity index (χ0) is 8.82. The quantitative estimate of drug-likeness (QED) is 0.357. The number of hydroxylamine groups is 1. The van der Waals surface area contributed by atoms with Crippen molar-refractivity contribution in [2.24, 2.45) is 5.92 Å². The van der Waals surface area contributed by atoms with E-state index in [1.54, 1.807) is 5.48 Å². The van der Waals surface area contributed by atoms with Crippen molar-refractivity contribution in [2.75, 3.05) is 12.5 Å². The van der Waals surface area contributed by atoms with Crippen LogP contribution < -0.4 is 5.48 Å². The molecule has 0 aromatic carbocycles. The first-order chi connectivity index (χ1) is 5.62. The first-order valence-electron chi connectivity index (χ1n) is 3.85. The van der Waals surface area contributed by atoms with E-state index in [9.17, 15) is 8.42 Å². The number of hydrogen-bond acceptors (Lipinski definition) is 5. The molecule has 2 fully saturated rings. The number of rotatable bonds is 4. The summed E-state index contributed by atoms with van der Waals surface area (Å²) in [5.74, 6) is 0.280. The van der Waals surface area contributed by atoms with E-state index < -0.39 is 14.8 Å². The van der Waals surface area contributed by atoms with Gasteiger partial charge in [-0.2, -0.15) is 5.48 Å². The molecule has 2 rings (SSSR count). The Balaban J connectivity index is 2.05. The summed E-state index contributed by atoms with van der Waals surface area (Å²) < 4.78 is 27.4. The first-order valence-corrected chi connectivity index (χ1v) is 5.51. The largest absolute Gasteiger partial charge is 0.340 e. The molecule has 1 saturated heterocycles. The Bertz CT molecular complexity index is 284. The van der Waals surface area contributed by atoms with Crippen LogP contribution in [0.1, 0.15) is 12.8 Å². The van der Waals surface area contributed by atoms with Gasteiger partial charge in [0.1, 0.15) is 6.73 Å². The molecule has 1 saturated carbocycles. The molecule has 0 spiro atoms. The fourth-order valence-electron chi connectivity index (χ4n) is 1.53. The van der Waals surface area contributed by atoms with Crippen molar-refractivity contribution < 1.29 is 18.4 Å². The maximum absolute atomic E-state index is 11.1. The molecule has 0 amide bonds. The van der Waals surface area contributed by atoms with Crippen molar-refractivity contribution in [3.63, 3.8) is 0 Å². The predicted molar refractivity (Wildman–Crippen MR) is 40.1 cm³/mol. The van der Waals surface area contributed by atoms with Gasteiger partial charge in [-0.3, -0.25) is 0 Å². The molecule has 0 radical (unpaired) electrons. The average molecular weight is 193 g/mol. The van der Waals surface area contributed by atoms with Crippen LogP contribution in [-0.2, 0) is 14.6 Å². The molecule has 1 aliphatic carbocycles.